The van der Waals surface area contributed by atoms with Gasteiger partial charge in [0.2, 0.25) is 10.0 Å². The fourth-order valence-corrected chi connectivity index (χ4v) is 5.64. The quantitative estimate of drug-likeness (QED) is 0.358. The van der Waals surface area contributed by atoms with Crippen LogP contribution in [0, 0.1) is 11.3 Å². The van der Waals surface area contributed by atoms with Gasteiger partial charge in [-0.2, -0.15) is 5.26 Å². The topological polar surface area (TPSA) is 84.1 Å². The molecule has 5 rings (SSSR count). The molecule has 172 valence electrons. The van der Waals surface area contributed by atoms with Crippen LogP contribution >= 0.6 is 0 Å². The number of fused-ring (bicyclic) bond motifs is 1. The van der Waals surface area contributed by atoms with Crippen LogP contribution < -0.4 is 9.46 Å². The second-order valence-electron chi connectivity index (χ2n) is 8.46. The molecule has 0 unspecified atom stereocenters. The van der Waals surface area contributed by atoms with E-state index in [2.05, 4.69) is 15.4 Å². The average molecular weight is 472 g/mol. The summed E-state index contributed by atoms with van der Waals surface area (Å²) in [5.74, 6) is 0.693. The van der Waals surface area contributed by atoms with Crippen molar-refractivity contribution < 1.29 is 13.2 Å². The molecule has 3 aromatic carbocycles. The van der Waals surface area contributed by atoms with Crippen molar-refractivity contribution in [1.82, 2.24) is 4.57 Å². The first-order valence-electron chi connectivity index (χ1n) is 11.4. The van der Waals surface area contributed by atoms with Crippen molar-refractivity contribution in [2.45, 2.75) is 38.2 Å². The number of aromatic nitrogens is 1. The van der Waals surface area contributed by atoms with Gasteiger partial charge in [-0.3, -0.25) is 4.72 Å². The minimum absolute atomic E-state index is 0.303. The molecule has 7 heteroatoms. The largest absolute Gasteiger partial charge is 0.489 e. The van der Waals surface area contributed by atoms with E-state index in [1.165, 1.54) is 0 Å². The van der Waals surface area contributed by atoms with Crippen molar-refractivity contribution >= 4 is 26.6 Å². The standard InChI is InChI=1S/C27H25N3O3S/c1-2-30-26-14-11-22(33-18-19-7-4-3-5-8-19)16-24(26)25(17-28)27(30)20-9-6-10-21(15-20)29-34(31,32)23-12-13-23/h3-11,14-16,23,29H,2,12-13,18H2,1H3. The maximum Gasteiger partial charge on any atom is 0.235 e. The zero-order valence-corrected chi connectivity index (χ0v) is 19.7. The lowest BCUT2D eigenvalue weighted by Crippen LogP contribution is -2.17. The number of nitriles is 1. The zero-order chi connectivity index (χ0) is 23.7. The lowest BCUT2D eigenvalue weighted by atomic mass is 10.1. The molecule has 0 saturated heterocycles. The smallest absolute Gasteiger partial charge is 0.235 e. The lowest BCUT2D eigenvalue weighted by Gasteiger charge is -2.12. The van der Waals surface area contributed by atoms with Crippen molar-refractivity contribution in [3.05, 3.63) is 83.9 Å². The number of nitrogens with zero attached hydrogens (tertiary/aromatic N) is 2. The van der Waals surface area contributed by atoms with E-state index in [0.717, 1.165) is 27.7 Å². The Labute approximate surface area is 199 Å². The Morgan fingerprint density at radius 2 is 1.85 bits per heavy atom. The van der Waals surface area contributed by atoms with Gasteiger partial charge in [0.25, 0.3) is 0 Å². The third-order valence-corrected chi connectivity index (χ3v) is 7.94. The molecule has 4 aromatic rings. The van der Waals surface area contributed by atoms with E-state index >= 15 is 0 Å². The molecule has 1 aromatic heterocycles. The van der Waals surface area contributed by atoms with Crippen molar-refractivity contribution in [2.75, 3.05) is 4.72 Å². The van der Waals surface area contributed by atoms with Crippen LogP contribution in [0.3, 0.4) is 0 Å². The molecule has 1 aliphatic rings. The summed E-state index contributed by atoms with van der Waals surface area (Å²) in [5.41, 5.74) is 4.62. The maximum atomic E-state index is 12.4. The molecule has 1 fully saturated rings. The summed E-state index contributed by atoms with van der Waals surface area (Å²) in [7, 11) is -3.37. The Morgan fingerprint density at radius 3 is 2.56 bits per heavy atom. The number of anilines is 1. The minimum Gasteiger partial charge on any atom is -0.489 e. The van der Waals surface area contributed by atoms with Gasteiger partial charge in [-0.25, -0.2) is 8.42 Å². The fourth-order valence-electron chi connectivity index (χ4n) is 4.26. The van der Waals surface area contributed by atoms with Gasteiger partial charge in [0.1, 0.15) is 18.4 Å². The van der Waals surface area contributed by atoms with Gasteiger partial charge >= 0.3 is 0 Å². The summed E-state index contributed by atoms with van der Waals surface area (Å²) in [6.07, 6.45) is 1.40. The third kappa shape index (κ3) is 4.25. The highest BCUT2D eigenvalue weighted by Crippen LogP contribution is 2.37. The van der Waals surface area contributed by atoms with Crippen LogP contribution in [-0.4, -0.2) is 18.2 Å². The predicted molar refractivity (Wildman–Crippen MR) is 134 cm³/mol. The lowest BCUT2D eigenvalue weighted by molar-refractivity contribution is 0.306. The summed E-state index contributed by atoms with van der Waals surface area (Å²) in [4.78, 5) is 0. The highest BCUT2D eigenvalue weighted by atomic mass is 32.2. The third-order valence-electron chi connectivity index (χ3n) is 6.07. The molecule has 34 heavy (non-hydrogen) atoms. The van der Waals surface area contributed by atoms with E-state index in [-0.39, 0.29) is 5.25 Å². The first kappa shape index (κ1) is 22.1. The average Bonchev–Trinajstić information content (AvgIpc) is 3.66. The summed E-state index contributed by atoms with van der Waals surface area (Å²) in [6.45, 7) is 3.14. The van der Waals surface area contributed by atoms with E-state index in [0.29, 0.717) is 43.0 Å². The van der Waals surface area contributed by atoms with Crippen LogP contribution in [0.1, 0.15) is 30.9 Å². The molecular formula is C27H25N3O3S. The van der Waals surface area contributed by atoms with E-state index in [1.807, 2.05) is 67.6 Å². The van der Waals surface area contributed by atoms with Crippen molar-refractivity contribution in [3.8, 4) is 23.1 Å². The van der Waals surface area contributed by atoms with Crippen molar-refractivity contribution in [1.29, 1.82) is 5.26 Å². The molecule has 1 N–H and O–H groups in total. The number of hydrogen-bond donors (Lipinski definition) is 1. The minimum atomic E-state index is -3.37. The molecular weight excluding hydrogens is 446 g/mol. The number of sulfonamides is 1. The Kier molecular flexibility index (Phi) is 5.76. The van der Waals surface area contributed by atoms with Crippen LogP contribution in [0.2, 0.25) is 0 Å². The molecule has 0 aliphatic heterocycles. The highest BCUT2D eigenvalue weighted by Gasteiger charge is 2.35. The fraction of sp³-hybridized carbons (Fsp3) is 0.222. The zero-order valence-electron chi connectivity index (χ0n) is 18.9. The van der Waals surface area contributed by atoms with Gasteiger partial charge in [0.05, 0.1) is 22.0 Å². The molecule has 0 radical (unpaired) electrons. The van der Waals surface area contributed by atoms with Crippen LogP contribution in [0.4, 0.5) is 5.69 Å². The summed E-state index contributed by atoms with van der Waals surface area (Å²) >= 11 is 0. The monoisotopic (exact) mass is 471 g/mol. The normalized spacial score (nSPS) is 13.5. The first-order valence-corrected chi connectivity index (χ1v) is 12.9. The maximum absolute atomic E-state index is 12.4. The number of ether oxygens (including phenoxy) is 1. The molecule has 1 aliphatic carbocycles. The molecule has 0 atom stereocenters. The highest BCUT2D eigenvalue weighted by molar-refractivity contribution is 7.93. The van der Waals surface area contributed by atoms with Crippen LogP contribution in [0.25, 0.3) is 22.2 Å². The van der Waals surface area contributed by atoms with E-state index in [1.54, 1.807) is 12.1 Å². The molecule has 6 nitrogen and oxygen atoms in total. The molecule has 0 bridgehead atoms. The number of aryl methyl sites for hydroxylation is 1. The Hall–Kier alpha value is -3.76. The van der Waals surface area contributed by atoms with E-state index < -0.39 is 10.0 Å². The summed E-state index contributed by atoms with van der Waals surface area (Å²) in [5, 5.41) is 10.6. The second-order valence-corrected chi connectivity index (χ2v) is 10.4. The Morgan fingerprint density at radius 1 is 1.06 bits per heavy atom. The summed E-state index contributed by atoms with van der Waals surface area (Å²) < 4.78 is 35.6. The van der Waals surface area contributed by atoms with E-state index in [4.69, 9.17) is 4.74 Å². The molecule has 1 saturated carbocycles. The summed E-state index contributed by atoms with van der Waals surface area (Å²) in [6, 6.07) is 25.4. The van der Waals surface area contributed by atoms with Gasteiger partial charge in [0, 0.05) is 23.2 Å². The number of benzene rings is 3. The molecule has 0 spiro atoms. The van der Waals surface area contributed by atoms with Crippen molar-refractivity contribution in [3.63, 3.8) is 0 Å². The predicted octanol–water partition coefficient (Wildman–Crippen LogP) is 5.68. The van der Waals surface area contributed by atoms with Gasteiger partial charge in [-0.1, -0.05) is 42.5 Å². The molecule has 1 heterocycles. The van der Waals surface area contributed by atoms with Crippen LogP contribution in [0.15, 0.2) is 72.8 Å². The van der Waals surface area contributed by atoms with Gasteiger partial charge < -0.3 is 9.30 Å². The van der Waals surface area contributed by atoms with Gasteiger partial charge in [0.15, 0.2) is 0 Å². The Bertz CT molecular complexity index is 1500. The number of hydrogen-bond acceptors (Lipinski definition) is 4. The van der Waals surface area contributed by atoms with Crippen LogP contribution in [-0.2, 0) is 23.2 Å². The van der Waals surface area contributed by atoms with Gasteiger partial charge in [-0.15, -0.1) is 0 Å². The Balaban J connectivity index is 1.53. The van der Waals surface area contributed by atoms with Crippen molar-refractivity contribution in [2.24, 2.45) is 0 Å². The van der Waals surface area contributed by atoms with Crippen LogP contribution in [0.5, 0.6) is 5.75 Å². The first-order chi connectivity index (χ1) is 16.5. The van der Waals surface area contributed by atoms with E-state index in [9.17, 15) is 13.7 Å². The molecule has 0 amide bonds. The number of rotatable bonds is 8. The van der Waals surface area contributed by atoms with Gasteiger partial charge in [-0.05, 0) is 55.7 Å². The SMILES string of the molecule is CCn1c(-c2cccc(NS(=O)(=O)C3CC3)c2)c(C#N)c2cc(OCc3ccccc3)ccc21. The number of nitrogens with one attached hydrogen (secondary N) is 1. The second kappa shape index (κ2) is 8.88.